The molecule has 1 aliphatic heterocycles. The van der Waals surface area contributed by atoms with Crippen LogP contribution in [0.4, 0.5) is 11.6 Å². The van der Waals surface area contributed by atoms with Gasteiger partial charge in [0.25, 0.3) is 5.91 Å². The van der Waals surface area contributed by atoms with Crippen molar-refractivity contribution in [1.82, 2.24) is 14.8 Å². The smallest absolute Gasteiger partial charge is 0.252 e. The topological polar surface area (TPSA) is 107 Å². The maximum Gasteiger partial charge on any atom is 0.252 e. The molecule has 0 saturated heterocycles. The summed E-state index contributed by atoms with van der Waals surface area (Å²) in [6.07, 6.45) is -0.0587. The van der Waals surface area contributed by atoms with Crippen LogP contribution in [0.2, 0.25) is 0 Å². The largest absolute Gasteiger partial charge is 0.497 e. The molecule has 2 N–H and O–H groups in total. The highest BCUT2D eigenvalue weighted by atomic mass is 16.5. The molecule has 0 saturated carbocycles. The van der Waals surface area contributed by atoms with Crippen LogP contribution in [0.3, 0.4) is 0 Å². The zero-order chi connectivity index (χ0) is 17.3. The van der Waals surface area contributed by atoms with E-state index in [4.69, 9.17) is 9.47 Å². The number of benzene rings is 1. The van der Waals surface area contributed by atoms with Crippen molar-refractivity contribution in [2.24, 2.45) is 0 Å². The van der Waals surface area contributed by atoms with E-state index in [0.717, 1.165) is 0 Å². The van der Waals surface area contributed by atoms with Gasteiger partial charge in [0.2, 0.25) is 11.9 Å². The van der Waals surface area contributed by atoms with Gasteiger partial charge in [-0.25, -0.2) is 4.68 Å². The number of fused-ring (bicyclic) bond motifs is 1. The molecule has 24 heavy (non-hydrogen) atoms. The van der Waals surface area contributed by atoms with Crippen LogP contribution in [0.1, 0.15) is 18.3 Å². The predicted octanol–water partition coefficient (Wildman–Crippen LogP) is 1.13. The van der Waals surface area contributed by atoms with Crippen LogP contribution >= 0.6 is 0 Å². The Kier molecular flexibility index (Phi) is 4.07. The summed E-state index contributed by atoms with van der Waals surface area (Å²) in [5, 5.41) is 9.48. The minimum Gasteiger partial charge on any atom is -0.497 e. The van der Waals surface area contributed by atoms with Crippen molar-refractivity contribution < 1.29 is 19.1 Å². The summed E-state index contributed by atoms with van der Waals surface area (Å²) in [5.74, 6) is 1.34. The summed E-state index contributed by atoms with van der Waals surface area (Å²) >= 11 is 0. The van der Waals surface area contributed by atoms with Gasteiger partial charge in [-0.15, -0.1) is 0 Å². The Balaban J connectivity index is 1.73. The highest BCUT2D eigenvalue weighted by Gasteiger charge is 2.34. The minimum atomic E-state index is -0.717. The maximum absolute atomic E-state index is 12.3. The summed E-state index contributed by atoms with van der Waals surface area (Å²) in [6.45, 7) is 1.72. The first-order chi connectivity index (χ1) is 11.5. The molecule has 3 rings (SSSR count). The Bertz CT molecular complexity index is 801. The van der Waals surface area contributed by atoms with Crippen LogP contribution in [0, 0.1) is 6.92 Å². The summed E-state index contributed by atoms with van der Waals surface area (Å²) in [4.78, 5) is 28.4. The van der Waals surface area contributed by atoms with Crippen molar-refractivity contribution in [3.05, 3.63) is 24.0 Å². The Hall–Kier alpha value is -3.10. The molecule has 9 heteroatoms. The molecule has 1 unspecified atom stereocenters. The second-order valence-corrected chi connectivity index (χ2v) is 5.25. The quantitative estimate of drug-likeness (QED) is 0.850. The molecule has 1 atom stereocenters. The van der Waals surface area contributed by atoms with Gasteiger partial charge in [0.15, 0.2) is 0 Å². The number of amides is 2. The van der Waals surface area contributed by atoms with E-state index < -0.39 is 6.04 Å². The van der Waals surface area contributed by atoms with E-state index in [1.807, 2.05) is 0 Å². The molecule has 126 valence electrons. The number of aryl methyl sites for hydroxylation is 1. The Morgan fingerprint density at radius 3 is 2.88 bits per heavy atom. The van der Waals surface area contributed by atoms with Crippen LogP contribution in [0.5, 0.6) is 11.5 Å². The van der Waals surface area contributed by atoms with Gasteiger partial charge in [0.1, 0.15) is 23.4 Å². The molecule has 1 aromatic heterocycles. The van der Waals surface area contributed by atoms with Gasteiger partial charge in [-0.2, -0.15) is 10.1 Å². The van der Waals surface area contributed by atoms with Crippen molar-refractivity contribution in [2.45, 2.75) is 19.4 Å². The lowest BCUT2D eigenvalue weighted by atomic mass is 10.2. The van der Waals surface area contributed by atoms with E-state index in [1.165, 1.54) is 11.8 Å². The number of ether oxygens (including phenoxy) is 2. The first kappa shape index (κ1) is 15.8. The van der Waals surface area contributed by atoms with Crippen molar-refractivity contribution in [3.63, 3.8) is 0 Å². The third-order valence-corrected chi connectivity index (χ3v) is 3.63. The van der Waals surface area contributed by atoms with Gasteiger partial charge in [-0.1, -0.05) is 0 Å². The summed E-state index contributed by atoms with van der Waals surface area (Å²) < 4.78 is 11.8. The molecular weight excluding hydrogens is 314 g/mol. The summed E-state index contributed by atoms with van der Waals surface area (Å²) in [7, 11) is 3.04. The monoisotopic (exact) mass is 331 g/mol. The fraction of sp³-hybridized carbons (Fsp3) is 0.333. The normalized spacial score (nSPS) is 15.6. The van der Waals surface area contributed by atoms with Crippen molar-refractivity contribution in [2.75, 3.05) is 24.9 Å². The molecule has 9 nitrogen and oxygen atoms in total. The number of nitrogens with one attached hydrogen (secondary N) is 2. The Labute approximate surface area is 138 Å². The van der Waals surface area contributed by atoms with Crippen LogP contribution < -0.4 is 20.1 Å². The molecular formula is C15H17N5O4. The zero-order valence-corrected chi connectivity index (χ0v) is 13.5. The number of rotatable bonds is 5. The third kappa shape index (κ3) is 2.87. The first-order valence-electron chi connectivity index (χ1n) is 7.27. The van der Waals surface area contributed by atoms with Gasteiger partial charge >= 0.3 is 0 Å². The lowest BCUT2D eigenvalue weighted by Crippen LogP contribution is -2.24. The van der Waals surface area contributed by atoms with Gasteiger partial charge in [0, 0.05) is 6.07 Å². The molecule has 1 aliphatic rings. The van der Waals surface area contributed by atoms with Crippen LogP contribution in [0.25, 0.3) is 0 Å². The van der Waals surface area contributed by atoms with E-state index in [1.54, 1.807) is 32.2 Å². The lowest BCUT2D eigenvalue weighted by molar-refractivity contribution is -0.123. The second kappa shape index (κ2) is 6.19. The predicted molar refractivity (Wildman–Crippen MR) is 85.2 cm³/mol. The van der Waals surface area contributed by atoms with Gasteiger partial charge in [0.05, 0.1) is 26.3 Å². The molecule has 0 bridgehead atoms. The molecule has 2 heterocycles. The fourth-order valence-corrected chi connectivity index (χ4v) is 2.50. The lowest BCUT2D eigenvalue weighted by Gasteiger charge is -2.13. The van der Waals surface area contributed by atoms with Gasteiger partial charge in [-0.05, 0) is 19.1 Å². The molecule has 2 amide bonds. The van der Waals surface area contributed by atoms with Crippen molar-refractivity contribution in [1.29, 1.82) is 0 Å². The molecule has 0 radical (unpaired) electrons. The molecule has 1 aromatic carbocycles. The van der Waals surface area contributed by atoms with Crippen LogP contribution in [-0.4, -0.2) is 40.8 Å². The number of aromatic nitrogens is 3. The van der Waals surface area contributed by atoms with Crippen LogP contribution in [0.15, 0.2) is 18.2 Å². The average Bonchev–Trinajstić information content (AvgIpc) is 3.04. The molecule has 2 aromatic rings. The Morgan fingerprint density at radius 1 is 1.38 bits per heavy atom. The number of hydrogen-bond donors (Lipinski definition) is 2. The molecule has 0 aliphatic carbocycles. The zero-order valence-electron chi connectivity index (χ0n) is 13.5. The minimum absolute atomic E-state index is 0.0587. The molecule has 0 spiro atoms. The number of nitrogens with zero attached hydrogens (tertiary/aromatic N) is 3. The third-order valence-electron chi connectivity index (χ3n) is 3.63. The second-order valence-electron chi connectivity index (χ2n) is 5.25. The average molecular weight is 331 g/mol. The van der Waals surface area contributed by atoms with Crippen LogP contribution in [-0.2, 0) is 9.59 Å². The molecule has 0 fully saturated rings. The number of methoxy groups -OCH3 is 2. The van der Waals surface area contributed by atoms with Gasteiger partial charge < -0.3 is 14.8 Å². The van der Waals surface area contributed by atoms with E-state index in [9.17, 15) is 9.59 Å². The first-order valence-corrected chi connectivity index (χ1v) is 7.27. The number of anilines is 2. The number of hydrogen-bond acceptors (Lipinski definition) is 6. The van der Waals surface area contributed by atoms with E-state index in [2.05, 4.69) is 20.7 Å². The number of carbonyl (C=O) groups excluding carboxylic acids is 2. The van der Waals surface area contributed by atoms with E-state index in [-0.39, 0.29) is 18.2 Å². The Morgan fingerprint density at radius 2 is 2.17 bits per heavy atom. The fourth-order valence-electron chi connectivity index (χ4n) is 2.50. The standard InChI is InChI=1S/C15H17N5O4/c1-8-16-15-18-14(22)11(20(15)19-8)7-13(21)17-10-5-4-9(23-2)6-12(10)24-3/h4-6,11H,7H2,1-3H3,(H,17,21)(H,16,18,19,22). The van der Waals surface area contributed by atoms with E-state index in [0.29, 0.717) is 29.0 Å². The van der Waals surface area contributed by atoms with E-state index >= 15 is 0 Å². The van der Waals surface area contributed by atoms with Gasteiger partial charge in [-0.3, -0.25) is 14.9 Å². The maximum atomic E-state index is 12.3. The van der Waals surface area contributed by atoms with Crippen molar-refractivity contribution >= 4 is 23.5 Å². The summed E-state index contributed by atoms with van der Waals surface area (Å²) in [6, 6.07) is 4.33. The highest BCUT2D eigenvalue weighted by molar-refractivity contribution is 6.01. The highest BCUT2D eigenvalue weighted by Crippen LogP contribution is 2.30. The summed E-state index contributed by atoms with van der Waals surface area (Å²) in [5.41, 5.74) is 0.497. The SMILES string of the molecule is COc1ccc(NC(=O)CC2C(=O)Nc3nc(C)nn32)c(OC)c1. The number of carbonyl (C=O) groups is 2. The van der Waals surface area contributed by atoms with Crippen molar-refractivity contribution in [3.8, 4) is 11.5 Å².